The highest BCUT2D eigenvalue weighted by atomic mass is 79.9. The van der Waals surface area contributed by atoms with E-state index in [0.717, 1.165) is 13.0 Å². The van der Waals surface area contributed by atoms with Crippen LogP contribution in [0, 0.1) is 0 Å². The summed E-state index contributed by atoms with van der Waals surface area (Å²) in [4.78, 5) is 2.39. The Labute approximate surface area is 106 Å². The zero-order valence-electron chi connectivity index (χ0n) is 9.70. The maximum absolute atomic E-state index is 6.31. The van der Waals surface area contributed by atoms with E-state index in [2.05, 4.69) is 52.1 Å². The van der Waals surface area contributed by atoms with E-state index in [1.54, 1.807) is 0 Å². The Morgan fingerprint density at radius 3 is 2.81 bits per heavy atom. The third kappa shape index (κ3) is 2.47. The molecule has 2 atom stereocenters. The molecule has 0 aromatic heterocycles. The summed E-state index contributed by atoms with van der Waals surface area (Å²) in [7, 11) is 2.18. The number of likely N-dealkylation sites (tertiary alicyclic amines) is 1. The SMILES string of the molecule is CN1CCCCC(N)C1c1ccccc1Br. The predicted octanol–water partition coefficient (Wildman–Crippen LogP) is 2.93. The number of benzene rings is 1. The van der Waals surface area contributed by atoms with Crippen molar-refractivity contribution >= 4 is 15.9 Å². The van der Waals surface area contributed by atoms with Crippen molar-refractivity contribution in [2.24, 2.45) is 5.73 Å². The van der Waals surface area contributed by atoms with Gasteiger partial charge in [0.15, 0.2) is 0 Å². The molecule has 1 heterocycles. The van der Waals surface area contributed by atoms with Gasteiger partial charge in [-0.3, -0.25) is 4.90 Å². The van der Waals surface area contributed by atoms with E-state index in [9.17, 15) is 0 Å². The Bertz CT molecular complexity index is 342. The standard InChI is InChI=1S/C13H19BrN2/c1-16-9-5-4-8-12(15)13(16)10-6-2-3-7-11(10)14/h2-3,6-7,12-13H,4-5,8-9,15H2,1H3. The van der Waals surface area contributed by atoms with Gasteiger partial charge in [-0.15, -0.1) is 0 Å². The van der Waals surface area contributed by atoms with Crippen molar-refractivity contribution in [3.63, 3.8) is 0 Å². The van der Waals surface area contributed by atoms with Crippen LogP contribution >= 0.6 is 15.9 Å². The number of nitrogens with two attached hydrogens (primary N) is 1. The van der Waals surface area contributed by atoms with Crippen LogP contribution < -0.4 is 5.73 Å². The molecule has 1 aliphatic rings. The molecule has 0 bridgehead atoms. The molecule has 2 rings (SSSR count). The minimum Gasteiger partial charge on any atom is -0.326 e. The zero-order valence-corrected chi connectivity index (χ0v) is 11.3. The Kier molecular flexibility index (Phi) is 4.00. The molecule has 2 unspecified atom stereocenters. The van der Waals surface area contributed by atoms with E-state index in [1.165, 1.54) is 22.9 Å². The fourth-order valence-corrected chi connectivity index (χ4v) is 3.07. The van der Waals surface area contributed by atoms with Gasteiger partial charge in [0, 0.05) is 10.5 Å². The maximum Gasteiger partial charge on any atom is 0.0507 e. The molecule has 1 aromatic rings. The number of hydrogen-bond donors (Lipinski definition) is 1. The molecule has 88 valence electrons. The van der Waals surface area contributed by atoms with E-state index in [-0.39, 0.29) is 6.04 Å². The summed E-state index contributed by atoms with van der Waals surface area (Å²) in [5, 5.41) is 0. The van der Waals surface area contributed by atoms with Crippen molar-refractivity contribution in [2.45, 2.75) is 31.3 Å². The van der Waals surface area contributed by atoms with Gasteiger partial charge in [0.25, 0.3) is 0 Å². The van der Waals surface area contributed by atoms with Crippen LogP contribution in [-0.2, 0) is 0 Å². The van der Waals surface area contributed by atoms with E-state index in [0.29, 0.717) is 6.04 Å². The highest BCUT2D eigenvalue weighted by Gasteiger charge is 2.27. The van der Waals surface area contributed by atoms with Crippen LogP contribution in [0.4, 0.5) is 0 Å². The minimum atomic E-state index is 0.242. The molecule has 2 nitrogen and oxygen atoms in total. The summed E-state index contributed by atoms with van der Waals surface area (Å²) in [6.45, 7) is 1.14. The quantitative estimate of drug-likeness (QED) is 0.858. The predicted molar refractivity (Wildman–Crippen MR) is 71.3 cm³/mol. The van der Waals surface area contributed by atoms with Crippen LogP contribution in [0.15, 0.2) is 28.7 Å². The molecule has 2 N–H and O–H groups in total. The lowest BCUT2D eigenvalue weighted by Crippen LogP contribution is -2.37. The van der Waals surface area contributed by atoms with Crippen molar-refractivity contribution in [2.75, 3.05) is 13.6 Å². The van der Waals surface area contributed by atoms with E-state index in [1.807, 2.05) is 0 Å². The van der Waals surface area contributed by atoms with Gasteiger partial charge >= 0.3 is 0 Å². The summed E-state index contributed by atoms with van der Waals surface area (Å²) in [6, 6.07) is 9.00. The van der Waals surface area contributed by atoms with Gasteiger partial charge in [-0.1, -0.05) is 40.5 Å². The molecule has 1 aliphatic heterocycles. The lowest BCUT2D eigenvalue weighted by atomic mass is 9.97. The minimum absolute atomic E-state index is 0.242. The molecule has 0 aliphatic carbocycles. The lowest BCUT2D eigenvalue weighted by molar-refractivity contribution is 0.229. The van der Waals surface area contributed by atoms with E-state index in [4.69, 9.17) is 5.73 Å². The van der Waals surface area contributed by atoms with Crippen molar-refractivity contribution in [3.05, 3.63) is 34.3 Å². The Morgan fingerprint density at radius 2 is 2.06 bits per heavy atom. The number of likely N-dealkylation sites (N-methyl/N-ethyl adjacent to an activating group) is 1. The molecular formula is C13H19BrN2. The van der Waals surface area contributed by atoms with Crippen molar-refractivity contribution in [1.29, 1.82) is 0 Å². The van der Waals surface area contributed by atoms with Crippen LogP contribution in [0.5, 0.6) is 0 Å². The summed E-state index contributed by atoms with van der Waals surface area (Å²) >= 11 is 3.63. The average molecular weight is 283 g/mol. The van der Waals surface area contributed by atoms with Crippen LogP contribution in [0.1, 0.15) is 30.9 Å². The normalized spacial score (nSPS) is 27.7. The van der Waals surface area contributed by atoms with Crippen molar-refractivity contribution in [3.8, 4) is 0 Å². The van der Waals surface area contributed by atoms with Gasteiger partial charge in [-0.05, 0) is 38.1 Å². The Morgan fingerprint density at radius 1 is 1.31 bits per heavy atom. The third-order valence-electron chi connectivity index (χ3n) is 3.40. The first-order chi connectivity index (χ1) is 7.70. The molecule has 1 aromatic carbocycles. The second-order valence-electron chi connectivity index (χ2n) is 4.61. The van der Waals surface area contributed by atoms with Crippen LogP contribution in [-0.4, -0.2) is 24.5 Å². The third-order valence-corrected chi connectivity index (χ3v) is 4.12. The Hall–Kier alpha value is -0.380. The van der Waals surface area contributed by atoms with Crippen molar-refractivity contribution in [1.82, 2.24) is 4.90 Å². The molecule has 16 heavy (non-hydrogen) atoms. The number of nitrogens with zero attached hydrogens (tertiary/aromatic N) is 1. The topological polar surface area (TPSA) is 29.3 Å². The average Bonchev–Trinajstić information content (AvgIpc) is 2.42. The smallest absolute Gasteiger partial charge is 0.0507 e. The summed E-state index contributed by atoms with van der Waals surface area (Å²) in [6.07, 6.45) is 3.62. The fourth-order valence-electron chi connectivity index (χ4n) is 2.55. The second-order valence-corrected chi connectivity index (χ2v) is 5.46. The molecule has 0 spiro atoms. The highest BCUT2D eigenvalue weighted by Crippen LogP contribution is 2.32. The van der Waals surface area contributed by atoms with Gasteiger partial charge in [0.1, 0.15) is 0 Å². The zero-order chi connectivity index (χ0) is 11.5. The van der Waals surface area contributed by atoms with Gasteiger partial charge in [0.05, 0.1) is 6.04 Å². The fraction of sp³-hybridized carbons (Fsp3) is 0.538. The maximum atomic E-state index is 6.31. The number of halogens is 1. The molecule has 0 saturated carbocycles. The van der Waals surface area contributed by atoms with E-state index < -0.39 is 0 Å². The molecule has 1 fully saturated rings. The lowest BCUT2D eigenvalue weighted by Gasteiger charge is -2.31. The highest BCUT2D eigenvalue weighted by molar-refractivity contribution is 9.10. The van der Waals surface area contributed by atoms with Crippen molar-refractivity contribution < 1.29 is 0 Å². The van der Waals surface area contributed by atoms with Gasteiger partial charge in [0.2, 0.25) is 0 Å². The first-order valence-electron chi connectivity index (χ1n) is 5.90. The monoisotopic (exact) mass is 282 g/mol. The summed E-state index contributed by atoms with van der Waals surface area (Å²) in [5.74, 6) is 0. The first-order valence-corrected chi connectivity index (χ1v) is 6.69. The molecule has 3 heteroatoms. The largest absolute Gasteiger partial charge is 0.326 e. The second kappa shape index (κ2) is 5.30. The van der Waals surface area contributed by atoms with Crippen LogP contribution in [0.3, 0.4) is 0 Å². The van der Waals surface area contributed by atoms with Gasteiger partial charge in [-0.25, -0.2) is 0 Å². The molecule has 1 saturated heterocycles. The number of rotatable bonds is 1. The molecular weight excluding hydrogens is 264 g/mol. The van der Waals surface area contributed by atoms with Gasteiger partial charge in [-0.2, -0.15) is 0 Å². The first kappa shape index (κ1) is 12.1. The summed E-state index contributed by atoms with van der Waals surface area (Å²) in [5.41, 5.74) is 7.63. The summed E-state index contributed by atoms with van der Waals surface area (Å²) < 4.78 is 1.17. The van der Waals surface area contributed by atoms with Crippen LogP contribution in [0.25, 0.3) is 0 Å². The van der Waals surface area contributed by atoms with Gasteiger partial charge < -0.3 is 5.73 Å². The molecule has 0 radical (unpaired) electrons. The van der Waals surface area contributed by atoms with Crippen LogP contribution in [0.2, 0.25) is 0 Å². The number of hydrogen-bond acceptors (Lipinski definition) is 2. The van der Waals surface area contributed by atoms with E-state index >= 15 is 0 Å². The Balaban J connectivity index is 2.32. The molecule has 0 amide bonds.